The number of nitrogens with two attached hydrogens (primary N) is 1. The van der Waals surface area contributed by atoms with Gasteiger partial charge in [0.2, 0.25) is 0 Å². The number of hydrogen-bond donors (Lipinski definition) is 1. The second kappa shape index (κ2) is 5.44. The third-order valence-electron chi connectivity index (χ3n) is 2.67. The lowest BCUT2D eigenvalue weighted by Gasteiger charge is -2.09. The van der Waals surface area contributed by atoms with Crippen molar-refractivity contribution >= 4 is 11.7 Å². The summed E-state index contributed by atoms with van der Waals surface area (Å²) >= 11 is 0. The van der Waals surface area contributed by atoms with Gasteiger partial charge in [0.25, 0.3) is 0 Å². The van der Waals surface area contributed by atoms with E-state index in [1.54, 1.807) is 30.3 Å². The van der Waals surface area contributed by atoms with Crippen molar-refractivity contribution in [2.75, 3.05) is 12.8 Å². The van der Waals surface area contributed by atoms with Gasteiger partial charge in [-0.05, 0) is 48.9 Å². The Morgan fingerprint density at radius 3 is 2.42 bits per heavy atom. The van der Waals surface area contributed by atoms with Crippen LogP contribution in [-0.2, 0) is 4.74 Å². The van der Waals surface area contributed by atoms with Crippen LogP contribution >= 0.6 is 0 Å². The predicted molar refractivity (Wildman–Crippen MR) is 73.4 cm³/mol. The first-order valence-electron chi connectivity index (χ1n) is 5.82. The lowest BCUT2D eigenvalue weighted by Crippen LogP contribution is -2.00. The van der Waals surface area contributed by atoms with Gasteiger partial charge in [0.15, 0.2) is 5.75 Å². The Morgan fingerprint density at radius 1 is 1.11 bits per heavy atom. The van der Waals surface area contributed by atoms with Crippen LogP contribution in [0, 0.1) is 6.92 Å². The molecular weight excluding hydrogens is 242 g/mol. The lowest BCUT2D eigenvalue weighted by molar-refractivity contribution is 0.0600. The van der Waals surface area contributed by atoms with Crippen LogP contribution in [0.2, 0.25) is 0 Å². The number of benzene rings is 2. The molecule has 0 heterocycles. The van der Waals surface area contributed by atoms with E-state index in [1.807, 2.05) is 19.1 Å². The van der Waals surface area contributed by atoms with Crippen LogP contribution in [0.25, 0.3) is 0 Å². The molecule has 0 aliphatic rings. The highest BCUT2D eigenvalue weighted by molar-refractivity contribution is 5.89. The molecule has 0 amide bonds. The number of nitrogen functional groups attached to an aromatic ring is 1. The fraction of sp³-hybridized carbons (Fsp3) is 0.133. The van der Waals surface area contributed by atoms with Gasteiger partial charge in [-0.15, -0.1) is 0 Å². The largest absolute Gasteiger partial charge is 0.465 e. The molecule has 98 valence electrons. The van der Waals surface area contributed by atoms with E-state index in [1.165, 1.54) is 7.11 Å². The molecule has 0 aliphatic carbocycles. The zero-order valence-electron chi connectivity index (χ0n) is 10.8. The first-order chi connectivity index (χ1) is 9.10. The van der Waals surface area contributed by atoms with Crippen LogP contribution in [0.5, 0.6) is 11.5 Å². The molecule has 2 N–H and O–H groups in total. The smallest absolute Gasteiger partial charge is 0.337 e. The van der Waals surface area contributed by atoms with E-state index in [-0.39, 0.29) is 5.97 Å². The van der Waals surface area contributed by atoms with Gasteiger partial charge in [-0.2, -0.15) is 0 Å². The molecule has 0 fully saturated rings. The average Bonchev–Trinajstić information content (AvgIpc) is 2.43. The molecule has 4 heteroatoms. The first-order valence-corrected chi connectivity index (χ1v) is 5.82. The molecule has 0 bridgehead atoms. The Bertz CT molecular complexity index is 591. The molecule has 0 saturated carbocycles. The van der Waals surface area contributed by atoms with Crippen molar-refractivity contribution in [3.05, 3.63) is 53.6 Å². The lowest BCUT2D eigenvalue weighted by atomic mass is 10.2. The molecule has 0 unspecified atom stereocenters. The number of hydrogen-bond acceptors (Lipinski definition) is 4. The van der Waals surface area contributed by atoms with Crippen LogP contribution in [-0.4, -0.2) is 13.1 Å². The summed E-state index contributed by atoms with van der Waals surface area (Å²) in [7, 11) is 1.35. The number of rotatable bonds is 3. The second-order valence-corrected chi connectivity index (χ2v) is 4.16. The van der Waals surface area contributed by atoms with E-state index < -0.39 is 0 Å². The van der Waals surface area contributed by atoms with Gasteiger partial charge in [0.1, 0.15) is 5.75 Å². The first kappa shape index (κ1) is 13.0. The Labute approximate surface area is 111 Å². The maximum atomic E-state index is 11.3. The zero-order valence-corrected chi connectivity index (χ0v) is 10.8. The van der Waals surface area contributed by atoms with Gasteiger partial charge in [0.05, 0.1) is 18.4 Å². The van der Waals surface area contributed by atoms with Crippen molar-refractivity contribution in [3.63, 3.8) is 0 Å². The minimum Gasteiger partial charge on any atom is -0.465 e. The Morgan fingerprint density at radius 2 is 1.79 bits per heavy atom. The standard InChI is InChI=1S/C15H15NO3/c1-10-3-8-13(16)14(9-10)19-12-6-4-11(5-7-12)15(17)18-2/h3-9H,16H2,1-2H3. The number of esters is 1. The molecular formula is C15H15NO3. The molecule has 2 aromatic rings. The number of carbonyl (C=O) groups excluding carboxylic acids is 1. The monoisotopic (exact) mass is 257 g/mol. The molecule has 2 aromatic carbocycles. The second-order valence-electron chi connectivity index (χ2n) is 4.16. The highest BCUT2D eigenvalue weighted by Crippen LogP contribution is 2.28. The SMILES string of the molecule is COC(=O)c1ccc(Oc2cc(C)ccc2N)cc1. The summed E-state index contributed by atoms with van der Waals surface area (Å²) in [5.74, 6) is 0.845. The summed E-state index contributed by atoms with van der Waals surface area (Å²) in [6.45, 7) is 1.96. The molecule has 0 saturated heterocycles. The van der Waals surface area contributed by atoms with Gasteiger partial charge in [-0.3, -0.25) is 0 Å². The van der Waals surface area contributed by atoms with Crippen LogP contribution in [0.3, 0.4) is 0 Å². The van der Waals surface area contributed by atoms with Crippen molar-refractivity contribution in [2.45, 2.75) is 6.92 Å². The fourth-order valence-corrected chi connectivity index (χ4v) is 1.63. The molecule has 0 aliphatic heterocycles. The summed E-state index contributed by atoms with van der Waals surface area (Å²) in [4.78, 5) is 11.3. The summed E-state index contributed by atoms with van der Waals surface area (Å²) in [6.07, 6.45) is 0. The molecule has 0 atom stereocenters. The number of anilines is 1. The van der Waals surface area contributed by atoms with Gasteiger partial charge in [0, 0.05) is 0 Å². The Kier molecular flexibility index (Phi) is 3.71. The van der Waals surface area contributed by atoms with Crippen LogP contribution in [0.1, 0.15) is 15.9 Å². The average molecular weight is 257 g/mol. The molecule has 19 heavy (non-hydrogen) atoms. The fourth-order valence-electron chi connectivity index (χ4n) is 1.63. The maximum absolute atomic E-state index is 11.3. The molecule has 4 nitrogen and oxygen atoms in total. The van der Waals surface area contributed by atoms with Gasteiger partial charge < -0.3 is 15.2 Å². The number of ether oxygens (including phenoxy) is 2. The van der Waals surface area contributed by atoms with E-state index >= 15 is 0 Å². The molecule has 0 spiro atoms. The number of methoxy groups -OCH3 is 1. The topological polar surface area (TPSA) is 61.5 Å². The van der Waals surface area contributed by atoms with Crippen molar-refractivity contribution in [1.82, 2.24) is 0 Å². The van der Waals surface area contributed by atoms with E-state index in [4.69, 9.17) is 10.5 Å². The number of aryl methyl sites for hydroxylation is 1. The highest BCUT2D eigenvalue weighted by Gasteiger charge is 2.06. The Hall–Kier alpha value is -2.49. The quantitative estimate of drug-likeness (QED) is 0.677. The highest BCUT2D eigenvalue weighted by atomic mass is 16.5. The van der Waals surface area contributed by atoms with Crippen LogP contribution < -0.4 is 10.5 Å². The molecule has 2 rings (SSSR count). The summed E-state index contributed by atoms with van der Waals surface area (Å²) < 4.78 is 10.3. The van der Waals surface area contributed by atoms with Gasteiger partial charge in [-0.1, -0.05) is 6.07 Å². The summed E-state index contributed by atoms with van der Waals surface area (Å²) in [5.41, 5.74) is 7.95. The van der Waals surface area contributed by atoms with E-state index in [2.05, 4.69) is 4.74 Å². The van der Waals surface area contributed by atoms with E-state index in [0.717, 1.165) is 5.56 Å². The molecule has 0 aromatic heterocycles. The predicted octanol–water partition coefficient (Wildman–Crippen LogP) is 3.16. The number of carbonyl (C=O) groups is 1. The minimum absolute atomic E-state index is 0.374. The van der Waals surface area contributed by atoms with Crippen molar-refractivity contribution in [1.29, 1.82) is 0 Å². The maximum Gasteiger partial charge on any atom is 0.337 e. The summed E-state index contributed by atoms with van der Waals surface area (Å²) in [6, 6.07) is 12.3. The third kappa shape index (κ3) is 3.04. The minimum atomic E-state index is -0.374. The summed E-state index contributed by atoms with van der Waals surface area (Å²) in [5, 5.41) is 0. The van der Waals surface area contributed by atoms with Gasteiger partial charge >= 0.3 is 5.97 Å². The zero-order chi connectivity index (χ0) is 13.8. The van der Waals surface area contributed by atoms with Crippen molar-refractivity contribution < 1.29 is 14.3 Å². The third-order valence-corrected chi connectivity index (χ3v) is 2.67. The van der Waals surface area contributed by atoms with E-state index in [9.17, 15) is 4.79 Å². The van der Waals surface area contributed by atoms with Crippen LogP contribution in [0.15, 0.2) is 42.5 Å². The normalized spacial score (nSPS) is 10.0. The van der Waals surface area contributed by atoms with Gasteiger partial charge in [-0.25, -0.2) is 4.79 Å². The van der Waals surface area contributed by atoms with Crippen molar-refractivity contribution in [3.8, 4) is 11.5 Å². The van der Waals surface area contributed by atoms with Crippen molar-refractivity contribution in [2.24, 2.45) is 0 Å². The van der Waals surface area contributed by atoms with E-state index in [0.29, 0.717) is 22.7 Å². The van der Waals surface area contributed by atoms with Crippen LogP contribution in [0.4, 0.5) is 5.69 Å². The Balaban J connectivity index is 2.19. The molecule has 0 radical (unpaired) electrons.